The molecule has 1 saturated carbocycles. The number of rotatable bonds is 13. The van der Waals surface area contributed by atoms with E-state index in [1.165, 1.54) is 49.6 Å². The summed E-state index contributed by atoms with van der Waals surface area (Å²) in [5, 5.41) is 0. The number of ketones is 2. The first-order valence-corrected chi connectivity index (χ1v) is 14.6. The summed E-state index contributed by atoms with van der Waals surface area (Å²) in [5.74, 6) is -0.552. The van der Waals surface area contributed by atoms with Gasteiger partial charge >= 0.3 is 0 Å². The van der Waals surface area contributed by atoms with Gasteiger partial charge in [0.2, 0.25) is 5.76 Å². The molecule has 234 valence electrons. The van der Waals surface area contributed by atoms with Crippen LogP contribution >= 0.6 is 0 Å². The zero-order valence-electron chi connectivity index (χ0n) is 25.5. The van der Waals surface area contributed by atoms with Crippen LogP contribution in [0.2, 0.25) is 0 Å². The summed E-state index contributed by atoms with van der Waals surface area (Å²) < 4.78 is 50.9. The molecule has 2 aromatic carbocycles. The van der Waals surface area contributed by atoms with Crippen LogP contribution in [0, 0.1) is 17.0 Å². The minimum atomic E-state index is -1.12. The van der Waals surface area contributed by atoms with E-state index in [1.54, 1.807) is 61.8 Å². The average molecular weight is 623 g/mol. The number of allylic oxidation sites excluding steroid dienone is 9. The highest BCUT2D eigenvalue weighted by atomic mass is 19.1. The van der Waals surface area contributed by atoms with E-state index < -0.39 is 11.2 Å². The van der Waals surface area contributed by atoms with Crippen LogP contribution in [0.15, 0.2) is 131 Å². The van der Waals surface area contributed by atoms with Crippen LogP contribution in [0.5, 0.6) is 5.75 Å². The van der Waals surface area contributed by atoms with Gasteiger partial charge in [0, 0.05) is 12.7 Å². The fourth-order valence-corrected chi connectivity index (χ4v) is 4.85. The molecule has 1 fully saturated rings. The molecule has 3 aliphatic rings. The van der Waals surface area contributed by atoms with Crippen molar-refractivity contribution < 1.29 is 37.3 Å². The number of carbonyl (C=O) groups is 2. The molecule has 0 spiro atoms. The van der Waals surface area contributed by atoms with Crippen molar-refractivity contribution in [2.24, 2.45) is 5.41 Å². The lowest BCUT2D eigenvalue weighted by molar-refractivity contribution is -0.129. The fraction of sp³-hybridized carbons (Fsp3) is 0.184. The van der Waals surface area contributed by atoms with E-state index in [2.05, 4.69) is 12.3 Å². The van der Waals surface area contributed by atoms with E-state index in [0.29, 0.717) is 71.2 Å². The highest BCUT2D eigenvalue weighted by Crippen LogP contribution is 2.48. The molecule has 0 heterocycles. The number of carbonyl (C=O) groups excluding carboxylic acids is 2. The standard InChI is InChI=1S/C38H32F2O6/c1-25-5-4-6-32(29-14-16-34(44-3)35(24-30(25)29)45-22-21-43-2)46-33-15-9-27(23-31(33)40)11-18-37(42)38(19-20-38)36(41)17-10-26-7-12-28(39)13-8-26/h4-15,17-18,23-24H,1,19-22H2,2-3H3/b17-10+,18-11+. The van der Waals surface area contributed by atoms with Gasteiger partial charge in [0.05, 0.1) is 19.1 Å². The Hall–Kier alpha value is -5.30. The summed E-state index contributed by atoms with van der Waals surface area (Å²) in [4.78, 5) is 25.8. The second kappa shape index (κ2) is 14.2. The minimum Gasteiger partial charge on any atom is -0.487 e. The lowest BCUT2D eigenvalue weighted by Crippen LogP contribution is -2.22. The first kappa shape index (κ1) is 32.1. The van der Waals surface area contributed by atoms with Crippen LogP contribution < -0.4 is 4.74 Å². The van der Waals surface area contributed by atoms with Crippen LogP contribution in [-0.2, 0) is 23.8 Å². The third kappa shape index (κ3) is 7.32. The third-order valence-electron chi connectivity index (χ3n) is 7.64. The molecular weight excluding hydrogens is 590 g/mol. The Morgan fingerprint density at radius 2 is 1.63 bits per heavy atom. The lowest BCUT2D eigenvalue weighted by Gasteiger charge is -2.14. The van der Waals surface area contributed by atoms with Crippen LogP contribution in [0.3, 0.4) is 0 Å². The zero-order valence-corrected chi connectivity index (χ0v) is 25.5. The Labute approximate surface area is 266 Å². The summed E-state index contributed by atoms with van der Waals surface area (Å²) in [6.45, 7) is 4.82. The van der Waals surface area contributed by atoms with Gasteiger partial charge in [0.25, 0.3) is 0 Å². The minimum absolute atomic E-state index is 0.0311. The molecule has 8 heteroatoms. The molecule has 6 nitrogen and oxygen atoms in total. The van der Waals surface area contributed by atoms with Gasteiger partial charge in [-0.3, -0.25) is 9.59 Å². The molecule has 0 atom stereocenters. The summed E-state index contributed by atoms with van der Waals surface area (Å²) in [5.41, 5.74) is 4.99. The molecule has 46 heavy (non-hydrogen) atoms. The molecule has 0 aliphatic heterocycles. The molecule has 2 aromatic rings. The van der Waals surface area contributed by atoms with Crippen molar-refractivity contribution in [2.45, 2.75) is 12.8 Å². The number of ether oxygens (including phenoxy) is 4. The normalized spacial score (nSPS) is 16.8. The maximum Gasteiger partial charge on any atom is 0.204 e. The van der Waals surface area contributed by atoms with E-state index in [4.69, 9.17) is 18.9 Å². The van der Waals surface area contributed by atoms with Gasteiger partial charge in [-0.15, -0.1) is 0 Å². The van der Waals surface area contributed by atoms with Crippen molar-refractivity contribution in [3.05, 3.63) is 154 Å². The van der Waals surface area contributed by atoms with Gasteiger partial charge in [-0.05, 0) is 89.8 Å². The molecule has 0 radical (unpaired) electrons. The molecule has 0 aromatic heterocycles. The predicted octanol–water partition coefficient (Wildman–Crippen LogP) is 7.54. The van der Waals surface area contributed by atoms with Crippen molar-refractivity contribution >= 4 is 23.7 Å². The Bertz CT molecular complexity index is 1810. The maximum atomic E-state index is 15.3. The molecule has 0 N–H and O–H groups in total. The smallest absolute Gasteiger partial charge is 0.204 e. The highest BCUT2D eigenvalue weighted by Gasteiger charge is 2.53. The largest absolute Gasteiger partial charge is 0.487 e. The van der Waals surface area contributed by atoms with Crippen LogP contribution in [0.25, 0.3) is 12.2 Å². The third-order valence-corrected chi connectivity index (χ3v) is 7.64. The summed E-state index contributed by atoms with van der Waals surface area (Å²) in [7, 11) is 3.09. The van der Waals surface area contributed by atoms with Crippen molar-refractivity contribution in [3.8, 4) is 5.75 Å². The Balaban J connectivity index is 1.31. The van der Waals surface area contributed by atoms with Crippen LogP contribution in [0.1, 0.15) is 24.0 Å². The maximum absolute atomic E-state index is 15.3. The molecular formula is C38H32F2O6. The van der Waals surface area contributed by atoms with E-state index in [1.807, 2.05) is 0 Å². The van der Waals surface area contributed by atoms with Gasteiger partial charge < -0.3 is 18.9 Å². The van der Waals surface area contributed by atoms with Crippen molar-refractivity contribution in [1.82, 2.24) is 0 Å². The number of methoxy groups -OCH3 is 2. The average Bonchev–Trinajstić information content (AvgIpc) is 3.89. The summed E-state index contributed by atoms with van der Waals surface area (Å²) in [6, 6.07) is 10.0. The van der Waals surface area contributed by atoms with E-state index in [-0.39, 0.29) is 23.1 Å². The number of hydrogen-bond acceptors (Lipinski definition) is 6. The van der Waals surface area contributed by atoms with Gasteiger partial charge in [0.1, 0.15) is 18.2 Å². The van der Waals surface area contributed by atoms with Gasteiger partial charge in [-0.1, -0.05) is 54.8 Å². The first-order chi connectivity index (χ1) is 22.2. The Morgan fingerprint density at radius 1 is 0.935 bits per heavy atom. The quantitative estimate of drug-likeness (QED) is 0.0995. The molecule has 3 aliphatic carbocycles. The Kier molecular flexibility index (Phi) is 9.91. The van der Waals surface area contributed by atoms with Crippen molar-refractivity contribution in [3.63, 3.8) is 0 Å². The SMILES string of the molecule is C=C1C=CC=C(Oc2ccc(/C=C/C(=O)C3(C(=O)/C=C/c4ccc(F)cc4)CC3)cc2F)C2=C1C=C(OCCOC)C(OC)=C=C2. The van der Waals surface area contributed by atoms with Gasteiger partial charge in [-0.2, -0.15) is 0 Å². The molecule has 0 amide bonds. The van der Waals surface area contributed by atoms with Crippen LogP contribution in [-0.4, -0.2) is 39.0 Å². The monoisotopic (exact) mass is 622 g/mol. The van der Waals surface area contributed by atoms with E-state index in [9.17, 15) is 14.0 Å². The van der Waals surface area contributed by atoms with Crippen LogP contribution in [0.4, 0.5) is 8.78 Å². The second-order valence-corrected chi connectivity index (χ2v) is 10.7. The fourth-order valence-electron chi connectivity index (χ4n) is 4.85. The van der Waals surface area contributed by atoms with Gasteiger partial charge in [0.15, 0.2) is 28.9 Å². The number of hydrogen-bond donors (Lipinski definition) is 0. The predicted molar refractivity (Wildman–Crippen MR) is 171 cm³/mol. The molecule has 0 unspecified atom stereocenters. The summed E-state index contributed by atoms with van der Waals surface area (Å²) >= 11 is 0. The van der Waals surface area contributed by atoms with Gasteiger partial charge in [-0.25, -0.2) is 8.78 Å². The molecule has 0 saturated heterocycles. The van der Waals surface area contributed by atoms with Crippen molar-refractivity contribution in [1.29, 1.82) is 0 Å². The van der Waals surface area contributed by atoms with E-state index in [0.717, 1.165) is 0 Å². The van der Waals surface area contributed by atoms with Crippen molar-refractivity contribution in [2.75, 3.05) is 27.4 Å². The highest BCUT2D eigenvalue weighted by molar-refractivity contribution is 6.19. The number of benzene rings is 2. The molecule has 0 bridgehead atoms. The summed E-state index contributed by atoms with van der Waals surface area (Å²) in [6.07, 6.45) is 15.3. The van der Waals surface area contributed by atoms with E-state index >= 15 is 4.39 Å². The Morgan fingerprint density at radius 3 is 2.28 bits per heavy atom. The zero-order chi connectivity index (χ0) is 32.7. The number of halogens is 2. The second-order valence-electron chi connectivity index (χ2n) is 10.7. The lowest BCUT2D eigenvalue weighted by atomic mass is 9.93. The first-order valence-electron chi connectivity index (χ1n) is 14.6. The molecule has 5 rings (SSSR count). The topological polar surface area (TPSA) is 71.1 Å².